The third kappa shape index (κ3) is 3.80. The van der Waals surface area contributed by atoms with Crippen molar-refractivity contribution in [1.82, 2.24) is 5.01 Å². The van der Waals surface area contributed by atoms with Crippen molar-refractivity contribution in [2.45, 2.75) is 12.5 Å². The molecule has 0 radical (unpaired) electrons. The van der Waals surface area contributed by atoms with Gasteiger partial charge in [-0.3, -0.25) is 4.79 Å². The summed E-state index contributed by atoms with van der Waals surface area (Å²) < 4.78 is 16.2. The second-order valence-electron chi connectivity index (χ2n) is 6.54. The van der Waals surface area contributed by atoms with Gasteiger partial charge < -0.3 is 14.2 Å². The van der Waals surface area contributed by atoms with Gasteiger partial charge in [0.25, 0.3) is 0 Å². The minimum Gasteiger partial charge on any atom is -0.497 e. The molecule has 0 N–H and O–H groups in total. The fraction of sp³-hybridized carbons (Fsp3) is 0.286. The number of carbonyl (C=O) groups is 1. The van der Waals surface area contributed by atoms with Gasteiger partial charge in [-0.2, -0.15) is 10.1 Å². The van der Waals surface area contributed by atoms with Crippen LogP contribution < -0.4 is 14.2 Å². The normalized spacial score (nSPS) is 18.5. The van der Waals surface area contributed by atoms with Crippen molar-refractivity contribution in [3.05, 3.63) is 53.6 Å². The van der Waals surface area contributed by atoms with Crippen LogP contribution in [0.1, 0.15) is 23.6 Å². The lowest BCUT2D eigenvalue weighted by Gasteiger charge is -2.23. The van der Waals surface area contributed by atoms with Crippen LogP contribution >= 0.6 is 11.8 Å². The smallest absolute Gasteiger partial charge is 0.307 e. The summed E-state index contributed by atoms with van der Waals surface area (Å²) in [7, 11) is 4.87. The average Bonchev–Trinajstić information content (AvgIpc) is 3.39. The lowest BCUT2D eigenvalue weighted by molar-refractivity contribution is 0.267. The van der Waals surface area contributed by atoms with E-state index in [0.29, 0.717) is 29.5 Å². The third-order valence-corrected chi connectivity index (χ3v) is 5.66. The van der Waals surface area contributed by atoms with E-state index in [1.165, 1.54) is 11.8 Å². The van der Waals surface area contributed by atoms with E-state index in [1.54, 1.807) is 21.3 Å². The molecule has 0 saturated carbocycles. The van der Waals surface area contributed by atoms with Gasteiger partial charge in [0.1, 0.15) is 11.6 Å². The first-order valence-corrected chi connectivity index (χ1v) is 10.1. The first-order valence-electron chi connectivity index (χ1n) is 9.10. The van der Waals surface area contributed by atoms with Gasteiger partial charge in [0.05, 0.1) is 38.8 Å². The van der Waals surface area contributed by atoms with E-state index >= 15 is 0 Å². The predicted octanol–water partition coefficient (Wildman–Crippen LogP) is 4.13. The SMILES string of the molecule is COc1cccc(C2=NN(C3=NC(=O)SC3)C(c3ccc(OC)c(OC)c3)C2)c1. The summed E-state index contributed by atoms with van der Waals surface area (Å²) >= 11 is 1.19. The van der Waals surface area contributed by atoms with Crippen molar-refractivity contribution in [2.24, 2.45) is 10.1 Å². The molecule has 7 nitrogen and oxygen atoms in total. The lowest BCUT2D eigenvalue weighted by atomic mass is 9.98. The highest BCUT2D eigenvalue weighted by Crippen LogP contribution is 2.38. The first kappa shape index (κ1) is 19.3. The Labute approximate surface area is 173 Å². The highest BCUT2D eigenvalue weighted by Gasteiger charge is 2.34. The number of hydrogen-bond acceptors (Lipinski definition) is 7. The second-order valence-corrected chi connectivity index (χ2v) is 7.47. The van der Waals surface area contributed by atoms with E-state index in [9.17, 15) is 4.79 Å². The highest BCUT2D eigenvalue weighted by molar-refractivity contribution is 8.14. The maximum absolute atomic E-state index is 11.7. The summed E-state index contributed by atoms with van der Waals surface area (Å²) in [6.07, 6.45) is 0.667. The van der Waals surface area contributed by atoms with Gasteiger partial charge in [0.15, 0.2) is 11.5 Å². The predicted molar refractivity (Wildman–Crippen MR) is 114 cm³/mol. The molecule has 0 aliphatic carbocycles. The quantitative estimate of drug-likeness (QED) is 0.737. The molecule has 0 aromatic heterocycles. The van der Waals surface area contributed by atoms with E-state index in [0.717, 1.165) is 22.6 Å². The van der Waals surface area contributed by atoms with E-state index in [4.69, 9.17) is 19.3 Å². The van der Waals surface area contributed by atoms with E-state index in [2.05, 4.69) is 4.99 Å². The number of hydrazone groups is 1. The Morgan fingerprint density at radius 1 is 1.03 bits per heavy atom. The standard InChI is InChI=1S/C21H21N3O4S/c1-26-15-6-4-5-13(9-15)16-11-17(24(23-16)20-12-29-21(25)22-20)14-7-8-18(27-2)19(10-14)28-3/h4-10,17H,11-12H2,1-3H3. The number of amides is 1. The molecule has 0 spiro atoms. The number of hydrogen-bond donors (Lipinski definition) is 0. The van der Waals surface area contributed by atoms with E-state index in [-0.39, 0.29) is 11.3 Å². The molecule has 2 aliphatic heterocycles. The number of nitrogens with zero attached hydrogens (tertiary/aromatic N) is 3. The third-order valence-electron chi connectivity index (χ3n) is 4.92. The van der Waals surface area contributed by atoms with Crippen LogP contribution in [0.4, 0.5) is 4.79 Å². The van der Waals surface area contributed by atoms with Crippen LogP contribution in [0, 0.1) is 0 Å². The zero-order valence-corrected chi connectivity index (χ0v) is 17.2. The van der Waals surface area contributed by atoms with Crippen molar-refractivity contribution in [3.8, 4) is 17.2 Å². The van der Waals surface area contributed by atoms with Gasteiger partial charge in [-0.25, -0.2) is 5.01 Å². The number of thioether (sulfide) groups is 1. The summed E-state index contributed by atoms with van der Waals surface area (Å²) in [5.41, 5.74) is 2.90. The molecule has 2 aliphatic rings. The molecule has 2 aromatic rings. The number of carbonyl (C=O) groups excluding carboxylic acids is 1. The number of methoxy groups -OCH3 is 3. The molecule has 0 bridgehead atoms. The molecule has 2 heterocycles. The lowest BCUT2D eigenvalue weighted by Crippen LogP contribution is -2.27. The number of aliphatic imine (C=N–C) groups is 1. The van der Waals surface area contributed by atoms with Gasteiger partial charge in [-0.05, 0) is 29.8 Å². The van der Waals surface area contributed by atoms with Gasteiger partial charge in [-0.1, -0.05) is 30.0 Å². The summed E-state index contributed by atoms with van der Waals surface area (Å²) in [4.78, 5) is 15.9. The van der Waals surface area contributed by atoms with Crippen LogP contribution in [-0.4, -0.2) is 48.9 Å². The molecule has 29 heavy (non-hydrogen) atoms. The molecule has 1 unspecified atom stereocenters. The Balaban J connectivity index is 1.73. The monoisotopic (exact) mass is 411 g/mol. The number of ether oxygens (including phenoxy) is 3. The summed E-state index contributed by atoms with van der Waals surface area (Å²) in [6, 6.07) is 13.5. The molecular weight excluding hydrogens is 390 g/mol. The maximum atomic E-state index is 11.7. The largest absolute Gasteiger partial charge is 0.497 e. The topological polar surface area (TPSA) is 72.7 Å². The molecular formula is C21H21N3O4S. The van der Waals surface area contributed by atoms with Crippen LogP contribution in [0.25, 0.3) is 0 Å². The fourth-order valence-corrected chi connectivity index (χ4v) is 4.08. The van der Waals surface area contributed by atoms with Gasteiger partial charge in [0, 0.05) is 12.0 Å². The number of benzene rings is 2. The molecule has 2 aromatic carbocycles. The zero-order chi connectivity index (χ0) is 20.4. The van der Waals surface area contributed by atoms with Crippen LogP contribution in [0.15, 0.2) is 52.6 Å². The molecule has 0 saturated heterocycles. The fourth-order valence-electron chi connectivity index (χ4n) is 3.46. The molecule has 8 heteroatoms. The Morgan fingerprint density at radius 2 is 1.86 bits per heavy atom. The maximum Gasteiger partial charge on any atom is 0.307 e. The summed E-state index contributed by atoms with van der Waals surface area (Å²) in [6.45, 7) is 0. The summed E-state index contributed by atoms with van der Waals surface area (Å²) in [5, 5.41) is 6.50. The molecule has 4 rings (SSSR count). The molecule has 0 fully saturated rings. The average molecular weight is 411 g/mol. The van der Waals surface area contributed by atoms with Gasteiger partial charge >= 0.3 is 5.24 Å². The minimum absolute atomic E-state index is 0.0961. The van der Waals surface area contributed by atoms with Crippen molar-refractivity contribution in [3.63, 3.8) is 0 Å². The minimum atomic E-state index is -0.184. The Morgan fingerprint density at radius 3 is 2.55 bits per heavy atom. The van der Waals surface area contributed by atoms with Crippen molar-refractivity contribution in [2.75, 3.05) is 27.1 Å². The van der Waals surface area contributed by atoms with Crippen LogP contribution in [0.2, 0.25) is 0 Å². The number of amidine groups is 1. The van der Waals surface area contributed by atoms with Crippen molar-refractivity contribution < 1.29 is 19.0 Å². The highest BCUT2D eigenvalue weighted by atomic mass is 32.2. The molecule has 1 atom stereocenters. The summed E-state index contributed by atoms with van der Waals surface area (Å²) in [5.74, 6) is 3.27. The Hall–Kier alpha value is -3.00. The molecule has 1 amide bonds. The van der Waals surface area contributed by atoms with Crippen LogP contribution in [0.5, 0.6) is 17.2 Å². The van der Waals surface area contributed by atoms with Crippen molar-refractivity contribution in [1.29, 1.82) is 0 Å². The number of rotatable bonds is 5. The van der Waals surface area contributed by atoms with E-state index < -0.39 is 0 Å². The molecule has 150 valence electrons. The van der Waals surface area contributed by atoms with Crippen molar-refractivity contribution >= 4 is 28.5 Å². The van der Waals surface area contributed by atoms with Crippen LogP contribution in [-0.2, 0) is 0 Å². The van der Waals surface area contributed by atoms with Gasteiger partial charge in [-0.15, -0.1) is 0 Å². The first-order chi connectivity index (χ1) is 14.1. The van der Waals surface area contributed by atoms with Crippen LogP contribution in [0.3, 0.4) is 0 Å². The van der Waals surface area contributed by atoms with E-state index in [1.807, 2.05) is 47.5 Å². The zero-order valence-electron chi connectivity index (χ0n) is 16.4. The Kier molecular flexibility index (Phi) is 5.44. The Bertz CT molecular complexity index is 1010. The van der Waals surface area contributed by atoms with Gasteiger partial charge in [0.2, 0.25) is 0 Å². The second kappa shape index (κ2) is 8.16.